The van der Waals surface area contributed by atoms with Crippen LogP contribution in [0.3, 0.4) is 0 Å². The van der Waals surface area contributed by atoms with Crippen molar-refractivity contribution >= 4 is 0 Å². The number of rotatable bonds is 5. The summed E-state index contributed by atoms with van der Waals surface area (Å²) in [5, 5.41) is 0. The van der Waals surface area contributed by atoms with Gasteiger partial charge in [-0.1, -0.05) is 31.6 Å². The van der Waals surface area contributed by atoms with Crippen LogP contribution in [0, 0.1) is 0 Å². The van der Waals surface area contributed by atoms with Gasteiger partial charge in [-0.3, -0.25) is 0 Å². The molecule has 0 nitrogen and oxygen atoms in total. The Morgan fingerprint density at radius 1 is 1.50 bits per heavy atom. The van der Waals surface area contributed by atoms with Crippen LogP contribution in [0.1, 0.15) is 26.2 Å². The highest BCUT2D eigenvalue weighted by Gasteiger charge is 1.93. The normalized spacial score (nSPS) is 13.8. The van der Waals surface area contributed by atoms with E-state index in [1.54, 1.807) is 0 Å². The minimum Gasteiger partial charge on any atom is -0.243 e. The van der Waals surface area contributed by atoms with Crippen molar-refractivity contribution in [3.63, 3.8) is 0 Å². The average Bonchev–Trinajstić information content (AvgIpc) is 1.98. The van der Waals surface area contributed by atoms with Crippen LogP contribution in [-0.2, 0) is 0 Å². The standard InChI is InChI=1S/C9H15F/c1-3-5-6-7-8-9(10)4-2/h4,6-7,9H,2-3,5,8H2,1H3/b7-6+. The lowest BCUT2D eigenvalue weighted by Gasteiger charge is -1.93. The van der Waals surface area contributed by atoms with Gasteiger partial charge < -0.3 is 0 Å². The topological polar surface area (TPSA) is 0 Å². The molecule has 0 radical (unpaired) electrons. The van der Waals surface area contributed by atoms with Gasteiger partial charge in [0.05, 0.1) is 0 Å². The van der Waals surface area contributed by atoms with Crippen molar-refractivity contribution in [2.24, 2.45) is 0 Å². The quantitative estimate of drug-likeness (QED) is 0.517. The Morgan fingerprint density at radius 3 is 2.70 bits per heavy atom. The molecule has 0 saturated heterocycles. The summed E-state index contributed by atoms with van der Waals surface area (Å²) in [6, 6.07) is 0. The van der Waals surface area contributed by atoms with Gasteiger partial charge in [-0.05, 0) is 6.42 Å². The second-order valence-electron chi connectivity index (χ2n) is 2.25. The maximum atomic E-state index is 12.4. The molecule has 0 aliphatic carbocycles. The van der Waals surface area contributed by atoms with Crippen LogP contribution in [0.25, 0.3) is 0 Å². The zero-order chi connectivity index (χ0) is 7.82. The maximum absolute atomic E-state index is 12.4. The number of allylic oxidation sites excluding steroid dienone is 3. The fraction of sp³-hybridized carbons (Fsp3) is 0.556. The molecule has 0 aromatic heterocycles. The minimum atomic E-state index is -0.867. The lowest BCUT2D eigenvalue weighted by atomic mass is 10.2. The molecule has 0 rings (SSSR count). The smallest absolute Gasteiger partial charge is 0.121 e. The third-order valence-corrected chi connectivity index (χ3v) is 1.24. The summed E-state index contributed by atoms with van der Waals surface area (Å²) in [6.45, 7) is 5.45. The van der Waals surface area contributed by atoms with E-state index in [9.17, 15) is 4.39 Å². The van der Waals surface area contributed by atoms with Crippen LogP contribution >= 0.6 is 0 Å². The molecule has 0 aliphatic heterocycles. The molecule has 0 spiro atoms. The molecule has 0 aromatic rings. The summed E-state index contributed by atoms with van der Waals surface area (Å²) in [5.41, 5.74) is 0. The van der Waals surface area contributed by atoms with Gasteiger partial charge in [-0.25, -0.2) is 4.39 Å². The van der Waals surface area contributed by atoms with E-state index in [0.717, 1.165) is 12.8 Å². The van der Waals surface area contributed by atoms with Crippen LogP contribution in [-0.4, -0.2) is 6.17 Å². The van der Waals surface area contributed by atoms with Gasteiger partial charge in [0.1, 0.15) is 6.17 Å². The molecule has 1 atom stereocenters. The fourth-order valence-corrected chi connectivity index (χ4v) is 0.607. The molecule has 0 saturated carbocycles. The Kier molecular flexibility index (Phi) is 6.14. The van der Waals surface area contributed by atoms with Crippen molar-refractivity contribution in [2.75, 3.05) is 0 Å². The highest BCUT2D eigenvalue weighted by molar-refractivity contribution is 4.89. The molecular weight excluding hydrogens is 127 g/mol. The van der Waals surface area contributed by atoms with E-state index >= 15 is 0 Å². The van der Waals surface area contributed by atoms with Gasteiger partial charge in [-0.15, -0.1) is 6.58 Å². The Morgan fingerprint density at radius 2 is 2.20 bits per heavy atom. The van der Waals surface area contributed by atoms with E-state index in [1.807, 2.05) is 12.2 Å². The van der Waals surface area contributed by atoms with Gasteiger partial charge in [-0.2, -0.15) is 0 Å². The van der Waals surface area contributed by atoms with Gasteiger partial charge in [0.15, 0.2) is 0 Å². The molecule has 0 fully saturated rings. The summed E-state index contributed by atoms with van der Waals surface area (Å²) in [7, 11) is 0. The number of halogens is 1. The van der Waals surface area contributed by atoms with Crippen molar-refractivity contribution in [3.05, 3.63) is 24.8 Å². The molecule has 1 unspecified atom stereocenters. The van der Waals surface area contributed by atoms with E-state index in [4.69, 9.17) is 0 Å². The van der Waals surface area contributed by atoms with E-state index in [0.29, 0.717) is 6.42 Å². The number of unbranched alkanes of at least 4 members (excludes halogenated alkanes) is 1. The highest BCUT2D eigenvalue weighted by atomic mass is 19.1. The first-order valence-electron chi connectivity index (χ1n) is 3.72. The molecule has 0 heterocycles. The van der Waals surface area contributed by atoms with Crippen molar-refractivity contribution in [1.82, 2.24) is 0 Å². The molecule has 0 amide bonds. The maximum Gasteiger partial charge on any atom is 0.121 e. The highest BCUT2D eigenvalue weighted by Crippen LogP contribution is 2.00. The van der Waals surface area contributed by atoms with Crippen molar-refractivity contribution < 1.29 is 4.39 Å². The summed E-state index contributed by atoms with van der Waals surface area (Å²) in [5.74, 6) is 0. The molecule has 10 heavy (non-hydrogen) atoms. The first-order chi connectivity index (χ1) is 4.81. The number of alkyl halides is 1. The monoisotopic (exact) mass is 142 g/mol. The molecule has 0 aliphatic rings. The first kappa shape index (κ1) is 9.41. The summed E-state index contributed by atoms with van der Waals surface area (Å²) >= 11 is 0. The summed E-state index contributed by atoms with van der Waals surface area (Å²) in [6.07, 6.45) is 6.99. The van der Waals surface area contributed by atoms with Crippen LogP contribution in [0.4, 0.5) is 4.39 Å². The zero-order valence-corrected chi connectivity index (χ0v) is 6.52. The third-order valence-electron chi connectivity index (χ3n) is 1.24. The molecule has 0 aromatic carbocycles. The van der Waals surface area contributed by atoms with Gasteiger partial charge in [0.25, 0.3) is 0 Å². The molecule has 1 heteroatoms. The van der Waals surface area contributed by atoms with Gasteiger partial charge in [0, 0.05) is 6.42 Å². The Labute approximate surface area is 62.4 Å². The Hall–Kier alpha value is -0.590. The SMILES string of the molecule is C=CC(F)C/C=C/CCC. The Bertz CT molecular complexity index is 105. The third kappa shape index (κ3) is 5.54. The zero-order valence-electron chi connectivity index (χ0n) is 6.52. The van der Waals surface area contributed by atoms with Crippen molar-refractivity contribution in [3.8, 4) is 0 Å². The van der Waals surface area contributed by atoms with Crippen molar-refractivity contribution in [2.45, 2.75) is 32.4 Å². The molecule has 0 bridgehead atoms. The fourth-order valence-electron chi connectivity index (χ4n) is 0.607. The average molecular weight is 142 g/mol. The largest absolute Gasteiger partial charge is 0.243 e. The predicted molar refractivity (Wildman–Crippen MR) is 43.8 cm³/mol. The van der Waals surface area contributed by atoms with Crippen molar-refractivity contribution in [1.29, 1.82) is 0 Å². The van der Waals surface area contributed by atoms with Crippen LogP contribution in [0.5, 0.6) is 0 Å². The number of hydrogen-bond acceptors (Lipinski definition) is 0. The lowest BCUT2D eigenvalue weighted by molar-refractivity contribution is 0.404. The van der Waals surface area contributed by atoms with Gasteiger partial charge in [0.2, 0.25) is 0 Å². The second-order valence-corrected chi connectivity index (χ2v) is 2.25. The molecule has 0 N–H and O–H groups in total. The van der Waals surface area contributed by atoms with Crippen LogP contribution in [0.15, 0.2) is 24.8 Å². The second kappa shape index (κ2) is 6.53. The van der Waals surface area contributed by atoms with Crippen LogP contribution in [0.2, 0.25) is 0 Å². The van der Waals surface area contributed by atoms with Crippen LogP contribution < -0.4 is 0 Å². The molecule has 58 valence electrons. The van der Waals surface area contributed by atoms with E-state index in [1.165, 1.54) is 6.08 Å². The first-order valence-corrected chi connectivity index (χ1v) is 3.72. The summed E-state index contributed by atoms with van der Waals surface area (Å²) < 4.78 is 12.4. The van der Waals surface area contributed by atoms with E-state index in [-0.39, 0.29) is 0 Å². The van der Waals surface area contributed by atoms with E-state index < -0.39 is 6.17 Å². The van der Waals surface area contributed by atoms with E-state index in [2.05, 4.69) is 13.5 Å². The predicted octanol–water partition coefficient (Wildman–Crippen LogP) is 3.26. The lowest BCUT2D eigenvalue weighted by Crippen LogP contribution is -1.89. The summed E-state index contributed by atoms with van der Waals surface area (Å²) in [4.78, 5) is 0. The minimum absolute atomic E-state index is 0.476. The molecular formula is C9H15F. The van der Waals surface area contributed by atoms with Gasteiger partial charge >= 0.3 is 0 Å². The Balaban J connectivity index is 3.24. The number of hydrogen-bond donors (Lipinski definition) is 0.